The molecule has 1 aliphatic rings. The number of ether oxygens (including phenoxy) is 1. The van der Waals surface area contributed by atoms with Crippen LogP contribution >= 0.6 is 35.6 Å². The Bertz CT molecular complexity index is 1290. The Kier molecular flexibility index (Phi) is 10.0. The second-order valence-electron chi connectivity index (χ2n) is 9.99. The SMILES string of the molecule is CC(C)(C)c1ccc(C(=O)Nc2cc(Cl)ccc2C(=O)Nc2ccc(Cl)cn2)c(OC2CCNCC2)c1.Cl. The number of amides is 2. The standard InChI is InChI=1S/C28H30Cl2N4O3.ClH/c1-28(2,3)17-4-7-22(24(14-17)37-20-10-12-31-13-11-20)27(36)33-23-15-18(29)5-8-21(23)26(35)34-25-9-6-19(30)16-32-25;/h4-9,14-16,20,31H,10-13H2,1-3H3,(H,33,36)(H,32,34,35);1H. The van der Waals surface area contributed by atoms with Crippen molar-refractivity contribution in [1.82, 2.24) is 10.3 Å². The first-order valence-electron chi connectivity index (χ1n) is 12.2. The zero-order valence-electron chi connectivity index (χ0n) is 21.4. The molecule has 202 valence electrons. The van der Waals surface area contributed by atoms with Crippen LogP contribution in [0.3, 0.4) is 0 Å². The summed E-state index contributed by atoms with van der Waals surface area (Å²) >= 11 is 12.1. The van der Waals surface area contributed by atoms with Crippen LogP contribution in [0.5, 0.6) is 5.75 Å². The van der Waals surface area contributed by atoms with Crippen molar-refractivity contribution in [2.75, 3.05) is 23.7 Å². The minimum Gasteiger partial charge on any atom is -0.489 e. The minimum atomic E-state index is -0.448. The molecule has 1 aliphatic heterocycles. The van der Waals surface area contributed by atoms with Gasteiger partial charge < -0.3 is 20.7 Å². The lowest BCUT2D eigenvalue weighted by atomic mass is 9.86. The second kappa shape index (κ2) is 12.8. The molecular formula is C28H31Cl3N4O3. The fraction of sp³-hybridized carbons (Fsp3) is 0.321. The number of nitrogens with one attached hydrogen (secondary N) is 3. The zero-order valence-corrected chi connectivity index (χ0v) is 23.8. The first kappa shape index (κ1) is 29.7. The average Bonchev–Trinajstić information content (AvgIpc) is 2.85. The van der Waals surface area contributed by atoms with Gasteiger partial charge in [-0.2, -0.15) is 0 Å². The van der Waals surface area contributed by atoms with Crippen LogP contribution in [0.2, 0.25) is 10.0 Å². The van der Waals surface area contributed by atoms with E-state index in [-0.39, 0.29) is 35.2 Å². The zero-order chi connectivity index (χ0) is 26.6. The molecule has 0 aliphatic carbocycles. The summed E-state index contributed by atoms with van der Waals surface area (Å²) in [5.74, 6) is 0.00801. The summed E-state index contributed by atoms with van der Waals surface area (Å²) in [6.07, 6.45) is 3.17. The van der Waals surface area contributed by atoms with Crippen LogP contribution in [-0.4, -0.2) is 36.0 Å². The lowest BCUT2D eigenvalue weighted by Crippen LogP contribution is -2.34. The Labute approximate surface area is 239 Å². The number of hydrogen-bond acceptors (Lipinski definition) is 5. The molecular weight excluding hydrogens is 547 g/mol. The molecule has 10 heteroatoms. The minimum absolute atomic E-state index is 0. The highest BCUT2D eigenvalue weighted by Gasteiger charge is 2.24. The maximum Gasteiger partial charge on any atom is 0.259 e. The quantitative estimate of drug-likeness (QED) is 0.302. The number of nitrogens with zero attached hydrogens (tertiary/aromatic N) is 1. The summed E-state index contributed by atoms with van der Waals surface area (Å²) in [5.41, 5.74) is 1.84. The van der Waals surface area contributed by atoms with Crippen LogP contribution in [0.25, 0.3) is 0 Å². The van der Waals surface area contributed by atoms with Gasteiger partial charge in [0.1, 0.15) is 17.7 Å². The van der Waals surface area contributed by atoms with Gasteiger partial charge in [-0.15, -0.1) is 12.4 Å². The van der Waals surface area contributed by atoms with Gasteiger partial charge >= 0.3 is 0 Å². The lowest BCUT2D eigenvalue weighted by Gasteiger charge is -2.27. The fourth-order valence-corrected chi connectivity index (χ4v) is 4.29. The Morgan fingerprint density at radius 1 is 0.921 bits per heavy atom. The van der Waals surface area contributed by atoms with E-state index >= 15 is 0 Å². The van der Waals surface area contributed by atoms with Crippen molar-refractivity contribution < 1.29 is 14.3 Å². The highest BCUT2D eigenvalue weighted by atomic mass is 35.5. The number of halogens is 3. The number of hydrogen-bond donors (Lipinski definition) is 3. The van der Waals surface area contributed by atoms with Crippen molar-refractivity contribution in [3.63, 3.8) is 0 Å². The summed E-state index contributed by atoms with van der Waals surface area (Å²) < 4.78 is 6.35. The topological polar surface area (TPSA) is 92.4 Å². The van der Waals surface area contributed by atoms with E-state index in [0.29, 0.717) is 27.2 Å². The smallest absolute Gasteiger partial charge is 0.259 e. The first-order chi connectivity index (χ1) is 17.6. The van der Waals surface area contributed by atoms with Gasteiger partial charge in [0.15, 0.2) is 0 Å². The molecule has 0 radical (unpaired) electrons. The molecule has 1 fully saturated rings. The van der Waals surface area contributed by atoms with Gasteiger partial charge in [-0.3, -0.25) is 9.59 Å². The lowest BCUT2D eigenvalue weighted by molar-refractivity contribution is 0.101. The average molecular weight is 578 g/mol. The molecule has 0 spiro atoms. The fourth-order valence-electron chi connectivity index (χ4n) is 4.01. The van der Waals surface area contributed by atoms with Crippen LogP contribution in [0.1, 0.15) is 59.9 Å². The number of piperidine rings is 1. The normalized spacial score (nSPS) is 13.8. The third-order valence-corrected chi connectivity index (χ3v) is 6.57. The predicted octanol–water partition coefficient (Wildman–Crippen LogP) is 6.74. The molecule has 38 heavy (non-hydrogen) atoms. The number of carbonyl (C=O) groups excluding carboxylic acids is 2. The molecule has 2 heterocycles. The molecule has 0 bridgehead atoms. The number of pyridine rings is 1. The van der Waals surface area contributed by atoms with Crippen molar-refractivity contribution in [3.05, 3.63) is 81.5 Å². The van der Waals surface area contributed by atoms with E-state index in [1.165, 1.54) is 6.20 Å². The van der Waals surface area contributed by atoms with Gasteiger partial charge in [-0.25, -0.2) is 4.98 Å². The van der Waals surface area contributed by atoms with E-state index in [9.17, 15) is 9.59 Å². The maximum absolute atomic E-state index is 13.5. The van der Waals surface area contributed by atoms with Gasteiger partial charge in [-0.05, 0) is 79.4 Å². The molecule has 3 N–H and O–H groups in total. The molecule has 1 aromatic heterocycles. The van der Waals surface area contributed by atoms with Crippen molar-refractivity contribution >= 4 is 58.9 Å². The molecule has 2 aromatic carbocycles. The van der Waals surface area contributed by atoms with Gasteiger partial charge in [0.05, 0.1) is 21.8 Å². The molecule has 4 rings (SSSR count). The number of anilines is 2. The summed E-state index contributed by atoms with van der Waals surface area (Å²) in [5, 5.41) is 9.74. The molecule has 0 saturated carbocycles. The number of aromatic nitrogens is 1. The van der Waals surface area contributed by atoms with Crippen LogP contribution < -0.4 is 20.7 Å². The van der Waals surface area contributed by atoms with Gasteiger partial charge in [0.25, 0.3) is 11.8 Å². The Morgan fingerprint density at radius 2 is 1.58 bits per heavy atom. The Balaban J connectivity index is 0.00000400. The number of carbonyl (C=O) groups is 2. The van der Waals surface area contributed by atoms with Crippen molar-refractivity contribution in [1.29, 1.82) is 0 Å². The van der Waals surface area contributed by atoms with E-state index < -0.39 is 11.8 Å². The summed E-state index contributed by atoms with van der Waals surface area (Å²) in [6, 6.07) is 13.5. The van der Waals surface area contributed by atoms with E-state index in [1.54, 1.807) is 36.4 Å². The first-order valence-corrected chi connectivity index (χ1v) is 12.9. The number of rotatable bonds is 6. The van der Waals surface area contributed by atoms with Crippen molar-refractivity contribution in [2.24, 2.45) is 0 Å². The van der Waals surface area contributed by atoms with Crippen LogP contribution in [-0.2, 0) is 5.41 Å². The van der Waals surface area contributed by atoms with E-state index in [2.05, 4.69) is 41.7 Å². The molecule has 7 nitrogen and oxygen atoms in total. The highest BCUT2D eigenvalue weighted by molar-refractivity contribution is 6.31. The Morgan fingerprint density at radius 3 is 2.24 bits per heavy atom. The summed E-state index contributed by atoms with van der Waals surface area (Å²) in [7, 11) is 0. The molecule has 3 aromatic rings. The van der Waals surface area contributed by atoms with Crippen LogP contribution in [0.15, 0.2) is 54.7 Å². The van der Waals surface area contributed by atoms with Crippen LogP contribution in [0, 0.1) is 0 Å². The van der Waals surface area contributed by atoms with Gasteiger partial charge in [-0.1, -0.05) is 50.0 Å². The Hall–Kier alpha value is -2.84. The second-order valence-corrected chi connectivity index (χ2v) is 10.9. The molecule has 0 atom stereocenters. The van der Waals surface area contributed by atoms with Crippen molar-refractivity contribution in [2.45, 2.75) is 45.1 Å². The third kappa shape index (κ3) is 7.60. The van der Waals surface area contributed by atoms with Gasteiger partial charge in [0.2, 0.25) is 0 Å². The van der Waals surface area contributed by atoms with Gasteiger partial charge in [0, 0.05) is 11.2 Å². The largest absolute Gasteiger partial charge is 0.489 e. The summed E-state index contributed by atoms with van der Waals surface area (Å²) in [4.78, 5) is 30.6. The van der Waals surface area contributed by atoms with E-state index in [1.807, 2.05) is 12.1 Å². The predicted molar refractivity (Wildman–Crippen MR) is 156 cm³/mol. The molecule has 0 unspecified atom stereocenters. The summed E-state index contributed by atoms with van der Waals surface area (Å²) in [6.45, 7) is 8.08. The van der Waals surface area contributed by atoms with Crippen LogP contribution in [0.4, 0.5) is 11.5 Å². The number of benzene rings is 2. The monoisotopic (exact) mass is 576 g/mol. The van der Waals surface area contributed by atoms with E-state index in [0.717, 1.165) is 31.5 Å². The van der Waals surface area contributed by atoms with E-state index in [4.69, 9.17) is 27.9 Å². The molecule has 2 amide bonds. The maximum atomic E-state index is 13.5. The third-order valence-electron chi connectivity index (χ3n) is 6.12. The van der Waals surface area contributed by atoms with Crippen molar-refractivity contribution in [3.8, 4) is 5.75 Å². The molecule has 1 saturated heterocycles. The highest BCUT2D eigenvalue weighted by Crippen LogP contribution is 2.31.